The van der Waals surface area contributed by atoms with Crippen molar-refractivity contribution < 1.29 is 37.7 Å². The zero-order valence-electron chi connectivity index (χ0n) is 26.3. The summed E-state index contributed by atoms with van der Waals surface area (Å²) in [5, 5.41) is 0. The molecule has 0 radical (unpaired) electrons. The molecule has 0 aromatic heterocycles. The minimum absolute atomic E-state index is 0.0495. The van der Waals surface area contributed by atoms with E-state index in [1.54, 1.807) is 12.1 Å². The van der Waals surface area contributed by atoms with Gasteiger partial charge < -0.3 is 18.9 Å². The molecule has 5 aromatic carbocycles. The van der Waals surface area contributed by atoms with Crippen LogP contribution in [-0.4, -0.2) is 31.2 Å². The molecule has 0 N–H and O–H groups in total. The second kappa shape index (κ2) is 10.1. The molecule has 3 aliphatic heterocycles. The summed E-state index contributed by atoms with van der Waals surface area (Å²) in [6.07, 6.45) is 0. The topological polar surface area (TPSA) is 91.4 Å². The van der Waals surface area contributed by atoms with Crippen LogP contribution in [0.4, 0.5) is 10.1 Å². The number of hydrogen-bond acceptors (Lipinski definition) is 7. The number of carbonyl (C=O) groups excluding carboxylic acids is 3. The maximum atomic E-state index is 16.1. The first-order chi connectivity index (χ1) is 24.5. The van der Waals surface area contributed by atoms with E-state index in [9.17, 15) is 4.39 Å². The minimum atomic E-state index is -1.62. The Morgan fingerprint density at radius 3 is 1.44 bits per heavy atom. The predicted octanol–water partition coefficient (Wildman–Crippen LogP) is 6.47. The van der Waals surface area contributed by atoms with Crippen molar-refractivity contribution in [3.63, 3.8) is 0 Å². The number of Topliss-reactive ketones (excluding diaryl/α,β-unsaturated/α-hetero) is 1. The van der Waals surface area contributed by atoms with E-state index in [1.165, 1.54) is 24.3 Å². The molecule has 3 heterocycles. The highest BCUT2D eigenvalue weighted by Crippen LogP contribution is 2.74. The molecule has 1 saturated carbocycles. The lowest BCUT2D eigenvalue weighted by Crippen LogP contribution is -2.45. The summed E-state index contributed by atoms with van der Waals surface area (Å²) in [7, 11) is 0. The standard InChI is InChI=1S/C41H26FNO7/c42-27-13-15-28(16-14-27)43-37(44)35-36(38(43)45)41(26-9-5-2-6-10-26)34(24-12-18-30-32(20-24)50-22-48-30)33(23-11-17-29-31(19-23)49-21-47-29)40(35,39(41)46)25-7-3-1-4-8-25/h1-20,35-36H,21-22H2/t35-,36-,40-,41-/m0/s1. The van der Waals surface area contributed by atoms with Crippen molar-refractivity contribution in [1.29, 1.82) is 0 Å². The van der Waals surface area contributed by atoms with Crippen LogP contribution in [-0.2, 0) is 25.2 Å². The first-order valence-corrected chi connectivity index (χ1v) is 16.3. The Labute approximate surface area is 285 Å². The van der Waals surface area contributed by atoms with Crippen LogP contribution < -0.4 is 23.8 Å². The number of nitrogens with zero attached hydrogens (tertiary/aromatic N) is 1. The molecule has 2 aliphatic carbocycles. The van der Waals surface area contributed by atoms with E-state index in [4.69, 9.17) is 18.9 Å². The lowest BCUT2D eigenvalue weighted by atomic mass is 9.59. The fraction of sp³-hybridized carbons (Fsp3) is 0.146. The van der Waals surface area contributed by atoms with Crippen LogP contribution in [0.2, 0.25) is 0 Å². The minimum Gasteiger partial charge on any atom is -0.454 e. The van der Waals surface area contributed by atoms with Crippen molar-refractivity contribution in [2.24, 2.45) is 11.8 Å². The smallest absolute Gasteiger partial charge is 0.239 e. The van der Waals surface area contributed by atoms with E-state index in [1.807, 2.05) is 84.9 Å². The molecule has 2 fully saturated rings. The molecule has 1 saturated heterocycles. The van der Waals surface area contributed by atoms with Gasteiger partial charge in [0.25, 0.3) is 0 Å². The van der Waals surface area contributed by atoms with Crippen LogP contribution in [0.3, 0.4) is 0 Å². The molecule has 9 heteroatoms. The number of rotatable bonds is 5. The third-order valence-electron chi connectivity index (χ3n) is 10.9. The summed E-state index contributed by atoms with van der Waals surface area (Å²) in [5.41, 5.74) is 0.656. The van der Waals surface area contributed by atoms with Gasteiger partial charge in [0, 0.05) is 0 Å². The van der Waals surface area contributed by atoms with Gasteiger partial charge in [-0.1, -0.05) is 72.8 Å². The number of benzene rings is 5. The van der Waals surface area contributed by atoms with Gasteiger partial charge in [-0.25, -0.2) is 9.29 Å². The molecule has 0 unspecified atom stereocenters. The van der Waals surface area contributed by atoms with Crippen molar-refractivity contribution >= 4 is 34.4 Å². The van der Waals surface area contributed by atoms with Gasteiger partial charge in [0.05, 0.1) is 28.4 Å². The number of imide groups is 1. The molecule has 5 aromatic rings. The molecule has 2 bridgehead atoms. The van der Waals surface area contributed by atoms with Gasteiger partial charge in [0.1, 0.15) is 5.82 Å². The number of hydrogen-bond donors (Lipinski definition) is 0. The summed E-state index contributed by atoms with van der Waals surface area (Å²) in [6.45, 7) is 0.0990. The Morgan fingerprint density at radius 1 is 0.540 bits per heavy atom. The van der Waals surface area contributed by atoms with E-state index in [2.05, 4.69) is 0 Å². The lowest BCUT2D eigenvalue weighted by Gasteiger charge is -2.39. The molecule has 244 valence electrons. The van der Waals surface area contributed by atoms with Gasteiger partial charge in [-0.3, -0.25) is 14.4 Å². The first kappa shape index (κ1) is 28.8. The second-order valence-electron chi connectivity index (χ2n) is 13.0. The summed E-state index contributed by atoms with van der Waals surface area (Å²) in [5.74, 6) is -1.94. The molecule has 50 heavy (non-hydrogen) atoms. The number of anilines is 1. The predicted molar refractivity (Wildman–Crippen MR) is 179 cm³/mol. The number of ether oxygens (including phenoxy) is 4. The van der Waals surface area contributed by atoms with Gasteiger partial charge in [0.15, 0.2) is 28.8 Å². The Balaban J connectivity index is 1.37. The van der Waals surface area contributed by atoms with Crippen molar-refractivity contribution in [2.75, 3.05) is 18.5 Å². The molecular weight excluding hydrogens is 637 g/mol. The van der Waals surface area contributed by atoms with Crippen LogP contribution in [0.5, 0.6) is 23.0 Å². The number of fused-ring (bicyclic) bond motifs is 7. The molecule has 10 rings (SSSR count). The van der Waals surface area contributed by atoms with Gasteiger partial charge in [0.2, 0.25) is 25.4 Å². The fourth-order valence-corrected chi connectivity index (χ4v) is 9.07. The van der Waals surface area contributed by atoms with E-state index in [0.717, 1.165) is 4.90 Å². The number of halogens is 1. The Morgan fingerprint density at radius 2 is 0.980 bits per heavy atom. The van der Waals surface area contributed by atoms with Crippen molar-refractivity contribution in [3.8, 4) is 23.0 Å². The van der Waals surface area contributed by atoms with Crippen molar-refractivity contribution in [3.05, 3.63) is 149 Å². The SMILES string of the molecule is O=C1[C@@H]2[C@@H](C(=O)N1c1ccc(F)cc1)[C@@]1(c3ccccc3)C(=O)[C@@]2(c2ccccc2)C(c2ccc3c(c2)OCO3)=C1c1ccc2c(c1)OCO2. The molecule has 0 spiro atoms. The van der Waals surface area contributed by atoms with Crippen molar-refractivity contribution in [1.82, 2.24) is 0 Å². The highest BCUT2D eigenvalue weighted by Gasteiger charge is 2.82. The van der Waals surface area contributed by atoms with Crippen LogP contribution in [0.25, 0.3) is 11.1 Å². The molecule has 5 aliphatic rings. The number of carbonyl (C=O) groups is 3. The average Bonchev–Trinajstić information content (AvgIpc) is 3.96. The van der Waals surface area contributed by atoms with E-state index >= 15 is 14.4 Å². The zero-order chi connectivity index (χ0) is 33.8. The molecule has 8 nitrogen and oxygen atoms in total. The quantitative estimate of drug-likeness (QED) is 0.199. The molecular formula is C41H26FNO7. The third-order valence-corrected chi connectivity index (χ3v) is 10.9. The Hall–Kier alpha value is -6.22. The highest BCUT2D eigenvalue weighted by atomic mass is 19.1. The number of allylic oxidation sites excluding steroid dienone is 2. The number of amides is 2. The fourth-order valence-electron chi connectivity index (χ4n) is 9.07. The average molecular weight is 664 g/mol. The van der Waals surface area contributed by atoms with Gasteiger partial charge in [-0.2, -0.15) is 0 Å². The normalized spacial score (nSPS) is 25.5. The monoisotopic (exact) mass is 663 g/mol. The van der Waals surface area contributed by atoms with Crippen molar-refractivity contribution in [2.45, 2.75) is 10.8 Å². The summed E-state index contributed by atoms with van der Waals surface area (Å²) in [6, 6.07) is 34.8. The Kier molecular flexibility index (Phi) is 5.84. The number of ketones is 1. The Bertz CT molecular complexity index is 2180. The van der Waals surface area contributed by atoms with Gasteiger partial charge in [-0.15, -0.1) is 0 Å². The van der Waals surface area contributed by atoms with Crippen LogP contribution in [0, 0.1) is 17.7 Å². The molecule has 4 atom stereocenters. The largest absolute Gasteiger partial charge is 0.454 e. The third kappa shape index (κ3) is 3.46. The summed E-state index contributed by atoms with van der Waals surface area (Å²) < 4.78 is 37.1. The van der Waals surface area contributed by atoms with Crippen LogP contribution in [0.15, 0.2) is 121 Å². The summed E-state index contributed by atoms with van der Waals surface area (Å²) in [4.78, 5) is 47.4. The van der Waals surface area contributed by atoms with Gasteiger partial charge >= 0.3 is 0 Å². The maximum Gasteiger partial charge on any atom is 0.239 e. The molecule has 2 amide bonds. The summed E-state index contributed by atoms with van der Waals surface area (Å²) >= 11 is 0. The van der Waals surface area contributed by atoms with E-state index in [-0.39, 0.29) is 25.1 Å². The maximum absolute atomic E-state index is 16.1. The van der Waals surface area contributed by atoms with E-state index < -0.39 is 40.3 Å². The van der Waals surface area contributed by atoms with Gasteiger partial charge in [-0.05, 0) is 81.9 Å². The highest BCUT2D eigenvalue weighted by molar-refractivity contribution is 6.39. The lowest BCUT2D eigenvalue weighted by molar-refractivity contribution is -0.130. The van der Waals surface area contributed by atoms with Crippen LogP contribution >= 0.6 is 0 Å². The first-order valence-electron chi connectivity index (χ1n) is 16.3. The zero-order valence-corrected chi connectivity index (χ0v) is 26.3. The second-order valence-corrected chi connectivity index (χ2v) is 13.0. The van der Waals surface area contributed by atoms with Crippen LogP contribution in [0.1, 0.15) is 22.3 Å². The van der Waals surface area contributed by atoms with E-state index in [0.29, 0.717) is 56.4 Å².